The van der Waals surface area contributed by atoms with Crippen LogP contribution in [0.25, 0.3) is 0 Å². The summed E-state index contributed by atoms with van der Waals surface area (Å²) < 4.78 is 11.7. The number of nitrogens with one attached hydrogen (secondary N) is 1. The summed E-state index contributed by atoms with van der Waals surface area (Å²) in [5, 5.41) is 12.9. The third kappa shape index (κ3) is 5.86. The largest absolute Gasteiger partial charge is 0.497 e. The van der Waals surface area contributed by atoms with Crippen LogP contribution in [0.3, 0.4) is 0 Å². The Morgan fingerprint density at radius 3 is 2.15 bits per heavy atom. The van der Waals surface area contributed by atoms with Crippen molar-refractivity contribution < 1.29 is 33.8 Å². The third-order valence-electron chi connectivity index (χ3n) is 17.9. The number of methoxy groups -OCH3 is 1. The van der Waals surface area contributed by atoms with Crippen LogP contribution in [0.1, 0.15) is 143 Å². The van der Waals surface area contributed by atoms with Gasteiger partial charge in [0.25, 0.3) is 5.91 Å². The quantitative estimate of drug-likeness (QED) is 0.241. The Hall–Kier alpha value is -3.16. The van der Waals surface area contributed by atoms with Crippen LogP contribution in [0.2, 0.25) is 0 Å². The SMILES string of the molecule is COc1ccc(C(=O)NCC[C@@]23CC[C@]4(C)[C@H](CC[C@@H]5[C@@]6(C)CC[C@H](OC(=O)[C@H]7C[C@@H](C(=O)O)C7(C)C)C(C)(C)[C@@H]6CC[C@]54C)C2=C(C(C)C)C(=O)C3)cc1. The van der Waals surface area contributed by atoms with Gasteiger partial charge in [-0.05, 0) is 139 Å². The molecule has 6 aliphatic rings. The van der Waals surface area contributed by atoms with Gasteiger partial charge in [-0.2, -0.15) is 0 Å². The summed E-state index contributed by atoms with van der Waals surface area (Å²) in [5.41, 5.74) is 2.35. The fourth-order valence-electron chi connectivity index (χ4n) is 14.5. The Labute approximate surface area is 329 Å². The lowest BCUT2D eigenvalue weighted by molar-refractivity contribution is -0.236. The number of esters is 1. The first-order valence-corrected chi connectivity index (χ1v) is 21.3. The van der Waals surface area contributed by atoms with Gasteiger partial charge in [-0.3, -0.25) is 19.2 Å². The highest BCUT2D eigenvalue weighted by Gasteiger charge is 2.70. The molecule has 0 aliphatic heterocycles. The minimum atomic E-state index is -0.828. The van der Waals surface area contributed by atoms with Crippen molar-refractivity contribution in [1.29, 1.82) is 0 Å². The number of rotatable bonds is 9. The molecule has 55 heavy (non-hydrogen) atoms. The van der Waals surface area contributed by atoms with Gasteiger partial charge in [0.05, 0.1) is 18.9 Å². The summed E-state index contributed by atoms with van der Waals surface area (Å²) >= 11 is 0. The average Bonchev–Trinajstić information content (AvgIpc) is 3.41. The van der Waals surface area contributed by atoms with Crippen LogP contribution in [0.15, 0.2) is 35.4 Å². The van der Waals surface area contributed by atoms with Gasteiger partial charge < -0.3 is 19.9 Å². The number of ketones is 1. The third-order valence-corrected chi connectivity index (χ3v) is 17.9. The zero-order chi connectivity index (χ0) is 40.1. The Kier molecular flexibility index (Phi) is 9.81. The van der Waals surface area contributed by atoms with E-state index in [-0.39, 0.29) is 56.9 Å². The summed E-state index contributed by atoms with van der Waals surface area (Å²) in [5.74, 6) is 0.443. The molecule has 2 N–H and O–H groups in total. The maximum Gasteiger partial charge on any atom is 0.309 e. The molecular formula is C47H67NO7. The zero-order valence-electron chi connectivity index (χ0n) is 35.2. The molecule has 5 fully saturated rings. The number of ether oxygens (including phenoxy) is 2. The summed E-state index contributed by atoms with van der Waals surface area (Å²) in [6.45, 7) is 21.1. The molecule has 5 saturated carbocycles. The highest BCUT2D eigenvalue weighted by molar-refractivity contribution is 6.00. The van der Waals surface area contributed by atoms with Gasteiger partial charge in [0.2, 0.25) is 0 Å². The van der Waals surface area contributed by atoms with E-state index in [4.69, 9.17) is 9.47 Å². The number of carboxylic acid groups (broad SMARTS) is 1. The van der Waals surface area contributed by atoms with Crippen molar-refractivity contribution in [2.75, 3.05) is 13.7 Å². The molecule has 8 nitrogen and oxygen atoms in total. The molecule has 1 aromatic carbocycles. The van der Waals surface area contributed by atoms with Crippen LogP contribution in [-0.2, 0) is 19.1 Å². The van der Waals surface area contributed by atoms with Gasteiger partial charge in [-0.15, -0.1) is 0 Å². The maximum absolute atomic E-state index is 14.1. The van der Waals surface area contributed by atoms with Crippen LogP contribution in [0.4, 0.5) is 0 Å². The van der Waals surface area contributed by atoms with Crippen molar-refractivity contribution in [2.24, 2.45) is 68.0 Å². The van der Waals surface area contributed by atoms with Gasteiger partial charge in [-0.1, -0.05) is 67.9 Å². The lowest BCUT2D eigenvalue weighted by Gasteiger charge is -2.72. The number of benzene rings is 1. The molecular weight excluding hydrogens is 691 g/mol. The number of carboxylic acids is 1. The molecule has 10 atom stereocenters. The second kappa shape index (κ2) is 13.5. The fourth-order valence-corrected chi connectivity index (χ4v) is 14.5. The highest BCUT2D eigenvalue weighted by Crippen LogP contribution is 2.77. The van der Waals surface area contributed by atoms with Gasteiger partial charge in [-0.25, -0.2) is 0 Å². The van der Waals surface area contributed by atoms with Crippen LogP contribution in [0.5, 0.6) is 5.75 Å². The minimum absolute atomic E-state index is 0.0454. The number of Topliss-reactive ketones (excluding diaryl/α,β-unsaturated/α-hetero) is 1. The molecule has 0 radical (unpaired) electrons. The van der Waals surface area contributed by atoms with Crippen molar-refractivity contribution in [2.45, 2.75) is 139 Å². The second-order valence-electron chi connectivity index (χ2n) is 21.0. The second-order valence-corrected chi connectivity index (χ2v) is 21.0. The number of hydrogen-bond donors (Lipinski definition) is 2. The molecule has 0 bridgehead atoms. The molecule has 0 heterocycles. The first-order chi connectivity index (χ1) is 25.7. The lowest BCUT2D eigenvalue weighted by atomic mass is 9.33. The summed E-state index contributed by atoms with van der Waals surface area (Å²) in [6, 6.07) is 7.20. The lowest BCUT2D eigenvalue weighted by Crippen LogP contribution is -2.66. The van der Waals surface area contributed by atoms with Gasteiger partial charge in [0.1, 0.15) is 11.9 Å². The number of hydrogen-bond acceptors (Lipinski definition) is 6. The van der Waals surface area contributed by atoms with Crippen molar-refractivity contribution in [3.63, 3.8) is 0 Å². The average molecular weight is 758 g/mol. The molecule has 302 valence electrons. The molecule has 7 rings (SSSR count). The van der Waals surface area contributed by atoms with E-state index in [0.717, 1.165) is 69.1 Å². The van der Waals surface area contributed by atoms with E-state index >= 15 is 0 Å². The topological polar surface area (TPSA) is 119 Å². The molecule has 0 aromatic heterocycles. The number of carbonyl (C=O) groups is 4. The van der Waals surface area contributed by atoms with E-state index in [1.165, 1.54) is 5.57 Å². The number of carbonyl (C=O) groups excluding carboxylic acids is 3. The Morgan fingerprint density at radius 2 is 1.53 bits per heavy atom. The van der Waals surface area contributed by atoms with E-state index in [2.05, 4.69) is 53.8 Å². The molecule has 0 unspecified atom stereocenters. The van der Waals surface area contributed by atoms with E-state index in [9.17, 15) is 24.3 Å². The first kappa shape index (κ1) is 40.1. The summed E-state index contributed by atoms with van der Waals surface area (Å²) in [7, 11) is 1.62. The molecule has 8 heteroatoms. The molecule has 6 aliphatic carbocycles. The smallest absolute Gasteiger partial charge is 0.309 e. The van der Waals surface area contributed by atoms with E-state index < -0.39 is 17.3 Å². The summed E-state index contributed by atoms with van der Waals surface area (Å²) in [6.07, 6.45) is 9.83. The van der Waals surface area contributed by atoms with Crippen LogP contribution in [0, 0.1) is 68.0 Å². The van der Waals surface area contributed by atoms with Crippen LogP contribution < -0.4 is 10.1 Å². The highest BCUT2D eigenvalue weighted by atomic mass is 16.5. The number of fused-ring (bicyclic) bond motifs is 7. The van der Waals surface area contributed by atoms with Crippen LogP contribution in [-0.4, -0.2) is 48.5 Å². The fraction of sp³-hybridized carbons (Fsp3) is 0.745. The number of amides is 1. The van der Waals surface area contributed by atoms with Crippen molar-refractivity contribution in [1.82, 2.24) is 5.32 Å². The molecule has 1 aromatic rings. The summed E-state index contributed by atoms with van der Waals surface area (Å²) in [4.78, 5) is 52.6. The molecule has 0 spiro atoms. The predicted octanol–water partition coefficient (Wildman–Crippen LogP) is 9.45. The number of allylic oxidation sites excluding steroid dienone is 2. The zero-order valence-corrected chi connectivity index (χ0v) is 35.2. The van der Waals surface area contributed by atoms with E-state index in [1.807, 2.05) is 26.0 Å². The first-order valence-electron chi connectivity index (χ1n) is 21.3. The Bertz CT molecular complexity index is 1770. The molecule has 0 saturated heterocycles. The van der Waals surface area contributed by atoms with Crippen molar-refractivity contribution in [3.8, 4) is 5.75 Å². The van der Waals surface area contributed by atoms with Crippen LogP contribution >= 0.6 is 0 Å². The van der Waals surface area contributed by atoms with E-state index in [1.54, 1.807) is 19.2 Å². The predicted molar refractivity (Wildman–Crippen MR) is 212 cm³/mol. The van der Waals surface area contributed by atoms with E-state index in [0.29, 0.717) is 48.5 Å². The van der Waals surface area contributed by atoms with Crippen molar-refractivity contribution >= 4 is 23.6 Å². The van der Waals surface area contributed by atoms with Gasteiger partial charge in [0, 0.05) is 29.4 Å². The number of aliphatic carboxylic acids is 1. The molecule has 1 amide bonds. The van der Waals surface area contributed by atoms with Gasteiger partial charge >= 0.3 is 11.9 Å². The maximum atomic E-state index is 14.1. The normalized spacial score (nSPS) is 39.9. The van der Waals surface area contributed by atoms with Gasteiger partial charge in [0.15, 0.2) is 5.78 Å². The Morgan fingerprint density at radius 1 is 0.836 bits per heavy atom. The van der Waals surface area contributed by atoms with Crippen molar-refractivity contribution in [3.05, 3.63) is 41.0 Å². The Balaban J connectivity index is 1.11. The minimum Gasteiger partial charge on any atom is -0.497 e. The monoisotopic (exact) mass is 757 g/mol. The standard InChI is InChI=1S/C47H67NO7/c1-27(2)37-33(49)26-47(23-24-48-39(50)28-11-13-29(54-10)14-12-28)22-21-45(8)30(38(37)47)15-16-35-44(7)19-18-36(43(5,6)34(44)17-20-46(35,45)9)55-41(53)32-25-31(40(51)52)42(32,3)4/h11-14,27,30-32,34-36H,15-26H2,1-10H3,(H,48,50)(H,51,52)/t30-,31+,32-,34+,35-,36+,44+,45-,46-,47-/m1/s1.